The molecule has 2 aliphatic rings. The first-order valence-corrected chi connectivity index (χ1v) is 19.1. The number of carbonyl (C=O) groups is 4. The van der Waals surface area contributed by atoms with E-state index in [-0.39, 0.29) is 48.7 Å². The fraction of sp³-hybridized carbons (Fsp3) is 0.667. The van der Waals surface area contributed by atoms with Crippen LogP contribution in [0.5, 0.6) is 0 Å². The van der Waals surface area contributed by atoms with Gasteiger partial charge in [-0.05, 0) is 86.2 Å². The molecular weight excluding hydrogens is 773 g/mol. The second-order valence-corrected chi connectivity index (χ2v) is 17.9. The monoisotopic (exact) mass is 816 g/mol. The number of anilines is 2. The first-order valence-electron chi connectivity index (χ1n) is 17.4. The topological polar surface area (TPSA) is 111 Å². The second-order valence-electron chi connectivity index (χ2n) is 15.7. The van der Waals surface area contributed by atoms with Crippen molar-refractivity contribution >= 4 is 56.4 Å². The van der Waals surface area contributed by atoms with Crippen LogP contribution in [0.3, 0.4) is 0 Å². The van der Waals surface area contributed by atoms with Crippen molar-refractivity contribution in [1.82, 2.24) is 0 Å². The minimum Gasteiger partial charge on any atom is -0.462 e. The molecular formula is C36H44F8N2O6S2. The zero-order chi connectivity index (χ0) is 41.0. The van der Waals surface area contributed by atoms with Crippen molar-refractivity contribution in [2.45, 2.75) is 118 Å². The SMILES string of the molecule is CCOC(=O)c1c(NC(=O)C(F)(F)C(F)(F)C(F)(F)C(F)(F)C(=O)Nc2sc3c(c2C(=O)OCC)CCC(C(C)(C)C)C3)sc2c1CCC(C(C)(C)C)C2. The molecule has 0 aliphatic heterocycles. The summed E-state index contributed by atoms with van der Waals surface area (Å²) in [5.41, 5.74) is -0.762. The summed E-state index contributed by atoms with van der Waals surface area (Å²) >= 11 is 1.16. The first-order chi connectivity index (χ1) is 24.6. The minimum atomic E-state index is -7.18. The van der Waals surface area contributed by atoms with Crippen LogP contribution < -0.4 is 10.6 Å². The highest BCUT2D eigenvalue weighted by Gasteiger charge is 2.84. The smallest absolute Gasteiger partial charge is 0.393 e. The number of hydrogen-bond acceptors (Lipinski definition) is 8. The molecule has 0 bridgehead atoms. The van der Waals surface area contributed by atoms with E-state index in [0.717, 1.165) is 0 Å². The highest BCUT2D eigenvalue weighted by molar-refractivity contribution is 7.17. The molecule has 2 unspecified atom stereocenters. The summed E-state index contributed by atoms with van der Waals surface area (Å²) in [6.45, 7) is 14.1. The number of hydrogen-bond donors (Lipinski definition) is 2. The number of amides is 2. The molecule has 0 aromatic carbocycles. The Hall–Kier alpha value is -3.28. The third kappa shape index (κ3) is 7.74. The number of alkyl halides is 8. The standard InChI is InChI=1S/C36H44F8N2O6S2/c1-9-51-27(47)23-19-13-11-17(31(3,4)5)15-21(19)53-25(23)45-29(49)33(37,38)35(41,42)36(43,44)34(39,40)30(50)46-26-24(28(48)52-10-2)20-14-12-18(32(6,7)8)16-22(20)54-26/h17-18H,9-16H2,1-8H3,(H,45,49)(H,46,50). The molecule has 0 spiro atoms. The Labute approximate surface area is 315 Å². The number of ether oxygens (including phenoxy) is 2. The lowest BCUT2D eigenvalue weighted by atomic mass is 9.72. The second kappa shape index (κ2) is 15.0. The third-order valence-electron chi connectivity index (χ3n) is 10.1. The molecule has 2 aliphatic carbocycles. The summed E-state index contributed by atoms with van der Waals surface area (Å²) in [6, 6.07) is 0. The third-order valence-corrected chi connectivity index (χ3v) is 12.5. The van der Waals surface area contributed by atoms with Crippen molar-refractivity contribution in [3.05, 3.63) is 32.0 Å². The van der Waals surface area contributed by atoms with Gasteiger partial charge in [-0.2, -0.15) is 35.1 Å². The molecule has 0 saturated carbocycles. The average molecular weight is 817 g/mol. The Bertz CT molecular complexity index is 1660. The molecule has 54 heavy (non-hydrogen) atoms. The van der Waals surface area contributed by atoms with Gasteiger partial charge in [-0.25, -0.2) is 9.59 Å². The molecule has 2 atom stereocenters. The van der Waals surface area contributed by atoms with E-state index in [0.29, 0.717) is 69.2 Å². The van der Waals surface area contributed by atoms with Gasteiger partial charge in [-0.3, -0.25) is 9.59 Å². The van der Waals surface area contributed by atoms with Crippen LogP contribution in [-0.2, 0) is 44.7 Å². The summed E-state index contributed by atoms with van der Waals surface area (Å²) in [4.78, 5) is 52.1. The summed E-state index contributed by atoms with van der Waals surface area (Å²) in [7, 11) is 0. The van der Waals surface area contributed by atoms with Crippen molar-refractivity contribution in [3.8, 4) is 0 Å². The lowest BCUT2D eigenvalue weighted by molar-refractivity contribution is -0.345. The minimum absolute atomic E-state index is 0.0218. The zero-order valence-corrected chi connectivity index (χ0v) is 32.7. The van der Waals surface area contributed by atoms with Gasteiger partial charge in [0.15, 0.2) is 0 Å². The van der Waals surface area contributed by atoms with E-state index >= 15 is 35.1 Å². The molecule has 2 aromatic rings. The highest BCUT2D eigenvalue weighted by atomic mass is 32.1. The number of thiophene rings is 2. The molecule has 0 saturated heterocycles. The van der Waals surface area contributed by atoms with Gasteiger partial charge >= 0.3 is 47.4 Å². The van der Waals surface area contributed by atoms with E-state index in [1.807, 2.05) is 41.5 Å². The Morgan fingerprint density at radius 3 is 1.20 bits per heavy atom. The maximum atomic E-state index is 15.2. The highest BCUT2D eigenvalue weighted by Crippen LogP contribution is 2.54. The van der Waals surface area contributed by atoms with Crippen molar-refractivity contribution in [3.63, 3.8) is 0 Å². The van der Waals surface area contributed by atoms with E-state index in [4.69, 9.17) is 9.47 Å². The van der Waals surface area contributed by atoms with Crippen LogP contribution in [-0.4, -0.2) is 60.7 Å². The Morgan fingerprint density at radius 2 is 0.926 bits per heavy atom. The van der Waals surface area contributed by atoms with Crippen molar-refractivity contribution < 1.29 is 63.8 Å². The summed E-state index contributed by atoms with van der Waals surface area (Å²) in [5.74, 6) is -35.9. The average Bonchev–Trinajstić information content (AvgIpc) is 3.60. The summed E-state index contributed by atoms with van der Waals surface area (Å²) < 4.78 is 132. The summed E-state index contributed by atoms with van der Waals surface area (Å²) in [5, 5.41) is 1.38. The Kier molecular flexibility index (Phi) is 12.1. The quantitative estimate of drug-likeness (QED) is 0.173. The van der Waals surface area contributed by atoms with Gasteiger partial charge in [0.2, 0.25) is 0 Å². The van der Waals surface area contributed by atoms with Crippen LogP contribution >= 0.6 is 22.7 Å². The molecule has 4 rings (SSSR count). The van der Waals surface area contributed by atoms with Gasteiger partial charge in [0.05, 0.1) is 24.3 Å². The van der Waals surface area contributed by atoms with E-state index in [2.05, 4.69) is 0 Å². The maximum absolute atomic E-state index is 15.2. The number of fused-ring (bicyclic) bond motifs is 2. The normalized spacial score (nSPS) is 18.4. The number of carbonyl (C=O) groups excluding carboxylic acids is 4. The molecule has 2 heterocycles. The lowest BCUT2D eigenvalue weighted by Crippen LogP contribution is -2.67. The van der Waals surface area contributed by atoms with Crippen LogP contribution in [0.25, 0.3) is 0 Å². The fourth-order valence-electron chi connectivity index (χ4n) is 6.71. The zero-order valence-electron chi connectivity index (χ0n) is 31.1. The fourth-order valence-corrected chi connectivity index (χ4v) is 9.33. The van der Waals surface area contributed by atoms with E-state index in [9.17, 15) is 19.2 Å². The van der Waals surface area contributed by atoms with Crippen LogP contribution in [0.15, 0.2) is 0 Å². The maximum Gasteiger partial charge on any atom is 0.393 e. The molecule has 302 valence electrons. The number of rotatable bonds is 11. The molecule has 0 fully saturated rings. The Morgan fingerprint density at radius 1 is 0.611 bits per heavy atom. The Balaban J connectivity index is 1.65. The predicted molar refractivity (Wildman–Crippen MR) is 188 cm³/mol. The molecule has 0 radical (unpaired) electrons. The van der Waals surface area contributed by atoms with Crippen LogP contribution in [0.4, 0.5) is 45.1 Å². The van der Waals surface area contributed by atoms with Gasteiger partial charge in [0.25, 0.3) is 0 Å². The molecule has 8 nitrogen and oxygen atoms in total. The largest absolute Gasteiger partial charge is 0.462 e. The van der Waals surface area contributed by atoms with Crippen molar-refractivity contribution in [2.75, 3.05) is 23.8 Å². The van der Waals surface area contributed by atoms with Crippen molar-refractivity contribution in [2.24, 2.45) is 22.7 Å². The van der Waals surface area contributed by atoms with Crippen LogP contribution in [0.1, 0.15) is 110 Å². The van der Waals surface area contributed by atoms with Crippen molar-refractivity contribution in [1.29, 1.82) is 0 Å². The van der Waals surface area contributed by atoms with Gasteiger partial charge in [-0.15, -0.1) is 22.7 Å². The van der Waals surface area contributed by atoms with Gasteiger partial charge in [-0.1, -0.05) is 41.5 Å². The molecule has 2 amide bonds. The van der Waals surface area contributed by atoms with E-state index in [1.54, 1.807) is 0 Å². The first kappa shape index (κ1) is 43.4. The molecule has 2 N–H and O–H groups in total. The van der Waals surface area contributed by atoms with E-state index < -0.39 is 68.6 Å². The summed E-state index contributed by atoms with van der Waals surface area (Å²) in [6.07, 6.45) is 2.09. The van der Waals surface area contributed by atoms with Gasteiger partial charge in [0.1, 0.15) is 10.0 Å². The predicted octanol–water partition coefficient (Wildman–Crippen LogP) is 9.58. The van der Waals surface area contributed by atoms with Gasteiger partial charge < -0.3 is 20.1 Å². The lowest BCUT2D eigenvalue weighted by Gasteiger charge is -2.35. The number of halogens is 8. The van der Waals surface area contributed by atoms with Gasteiger partial charge in [0, 0.05) is 9.75 Å². The van der Waals surface area contributed by atoms with E-state index in [1.165, 1.54) is 24.5 Å². The van der Waals surface area contributed by atoms with Crippen LogP contribution in [0.2, 0.25) is 0 Å². The molecule has 18 heteroatoms. The molecule has 2 aromatic heterocycles. The number of esters is 2. The number of nitrogens with one attached hydrogen (secondary N) is 2. The van der Waals surface area contributed by atoms with Crippen LogP contribution in [0, 0.1) is 22.7 Å².